The fraction of sp³-hybridized carbons (Fsp3) is 0.300. The van der Waals surface area contributed by atoms with Crippen molar-refractivity contribution in [2.24, 2.45) is 0 Å². The van der Waals surface area contributed by atoms with Crippen molar-refractivity contribution in [3.8, 4) is 0 Å². The summed E-state index contributed by atoms with van der Waals surface area (Å²) >= 11 is 2.24. The smallest absolute Gasteiger partial charge is 0.319 e. The van der Waals surface area contributed by atoms with Crippen molar-refractivity contribution >= 4 is 34.3 Å². The van der Waals surface area contributed by atoms with Gasteiger partial charge in [-0.25, -0.2) is 4.79 Å². The maximum absolute atomic E-state index is 11.2. The van der Waals surface area contributed by atoms with Crippen molar-refractivity contribution in [2.45, 2.75) is 13.8 Å². The molecule has 0 aliphatic carbocycles. The largest absolute Gasteiger partial charge is 0.338 e. The van der Waals surface area contributed by atoms with Gasteiger partial charge in [-0.05, 0) is 60.2 Å². The van der Waals surface area contributed by atoms with Crippen LogP contribution in [0.2, 0.25) is 0 Å². The van der Waals surface area contributed by atoms with E-state index in [1.807, 2.05) is 32.0 Å². The van der Waals surface area contributed by atoms with Crippen molar-refractivity contribution in [3.63, 3.8) is 0 Å². The fourth-order valence-corrected chi connectivity index (χ4v) is 1.74. The van der Waals surface area contributed by atoms with Crippen molar-refractivity contribution in [1.29, 1.82) is 0 Å². The molecule has 0 heterocycles. The average Bonchev–Trinajstić information content (AvgIpc) is 2.10. The minimum atomic E-state index is -0.156. The first-order valence-corrected chi connectivity index (χ1v) is 5.52. The lowest BCUT2D eigenvalue weighted by Gasteiger charge is -2.08. The summed E-state index contributed by atoms with van der Waals surface area (Å²) in [6.45, 7) is 4.50. The van der Waals surface area contributed by atoms with Gasteiger partial charge in [0.1, 0.15) is 0 Å². The predicted octanol–water partition coefficient (Wildman–Crippen LogP) is 2.74. The van der Waals surface area contributed by atoms with Crippen LogP contribution in [0.3, 0.4) is 0 Å². The second-order valence-corrected chi connectivity index (χ2v) is 4.19. The number of anilines is 1. The summed E-state index contributed by atoms with van der Waals surface area (Å²) in [5.74, 6) is 0. The van der Waals surface area contributed by atoms with Crippen LogP contribution in [0.1, 0.15) is 12.5 Å². The lowest BCUT2D eigenvalue weighted by molar-refractivity contribution is 0.252. The maximum Gasteiger partial charge on any atom is 0.319 e. The van der Waals surface area contributed by atoms with Gasteiger partial charge in [0, 0.05) is 15.8 Å². The third kappa shape index (κ3) is 3.17. The highest BCUT2D eigenvalue weighted by atomic mass is 127. The first-order chi connectivity index (χ1) is 6.63. The third-order valence-corrected chi connectivity index (χ3v) is 2.44. The molecule has 2 N–H and O–H groups in total. The summed E-state index contributed by atoms with van der Waals surface area (Å²) in [5, 5.41) is 5.47. The first kappa shape index (κ1) is 11.3. The van der Waals surface area contributed by atoms with Crippen LogP contribution in [0.5, 0.6) is 0 Å². The molecule has 1 aromatic rings. The van der Waals surface area contributed by atoms with E-state index in [1.165, 1.54) is 3.57 Å². The molecule has 0 aliphatic heterocycles. The van der Waals surface area contributed by atoms with Crippen LogP contribution < -0.4 is 10.6 Å². The van der Waals surface area contributed by atoms with Gasteiger partial charge in [0.05, 0.1) is 0 Å². The molecule has 14 heavy (non-hydrogen) atoms. The Hall–Kier alpha value is -0.780. The zero-order valence-corrected chi connectivity index (χ0v) is 10.4. The van der Waals surface area contributed by atoms with Crippen LogP contribution in [-0.4, -0.2) is 12.6 Å². The summed E-state index contributed by atoms with van der Waals surface area (Å²) in [4.78, 5) is 11.2. The molecule has 0 radical (unpaired) electrons. The van der Waals surface area contributed by atoms with Gasteiger partial charge < -0.3 is 10.6 Å². The highest BCUT2D eigenvalue weighted by molar-refractivity contribution is 14.1. The van der Waals surface area contributed by atoms with Crippen LogP contribution in [0.4, 0.5) is 10.5 Å². The van der Waals surface area contributed by atoms with Crippen LogP contribution in [0.15, 0.2) is 18.2 Å². The Kier molecular flexibility index (Phi) is 4.19. The fourth-order valence-electron chi connectivity index (χ4n) is 1.09. The van der Waals surface area contributed by atoms with E-state index < -0.39 is 0 Å². The molecule has 2 amide bonds. The normalized spacial score (nSPS) is 9.64. The van der Waals surface area contributed by atoms with Gasteiger partial charge in [-0.1, -0.05) is 0 Å². The zero-order chi connectivity index (χ0) is 10.6. The molecular weight excluding hydrogens is 291 g/mol. The number of hydrogen-bond acceptors (Lipinski definition) is 1. The number of carbonyl (C=O) groups is 1. The van der Waals surface area contributed by atoms with Crippen molar-refractivity contribution in [1.82, 2.24) is 5.32 Å². The standard InChI is InChI=1S/C10H13IN2O/c1-3-12-10(14)13-9-5-4-8(11)6-7(9)2/h4-6H,3H2,1-2H3,(H2,12,13,14). The monoisotopic (exact) mass is 304 g/mol. The number of amides is 2. The second kappa shape index (κ2) is 5.19. The molecule has 0 unspecified atom stereocenters. The van der Waals surface area contributed by atoms with Crippen molar-refractivity contribution < 1.29 is 4.79 Å². The quantitative estimate of drug-likeness (QED) is 0.811. The third-order valence-electron chi connectivity index (χ3n) is 1.77. The number of urea groups is 1. The molecule has 0 aromatic heterocycles. The van der Waals surface area contributed by atoms with Gasteiger partial charge in [-0.2, -0.15) is 0 Å². The summed E-state index contributed by atoms with van der Waals surface area (Å²) in [6.07, 6.45) is 0. The Morgan fingerprint density at radius 2 is 2.21 bits per heavy atom. The molecular formula is C10H13IN2O. The molecule has 0 fully saturated rings. The average molecular weight is 304 g/mol. The minimum absolute atomic E-state index is 0.156. The Morgan fingerprint density at radius 1 is 1.50 bits per heavy atom. The Balaban J connectivity index is 2.72. The molecule has 0 atom stereocenters. The van der Waals surface area contributed by atoms with E-state index in [1.54, 1.807) is 0 Å². The molecule has 3 nitrogen and oxygen atoms in total. The SMILES string of the molecule is CCNC(=O)Nc1ccc(I)cc1C. The van der Waals surface area contributed by atoms with Crippen LogP contribution in [0, 0.1) is 10.5 Å². The predicted molar refractivity (Wildman–Crippen MR) is 66.6 cm³/mol. The summed E-state index contributed by atoms with van der Waals surface area (Å²) in [5.41, 5.74) is 1.93. The molecule has 0 spiro atoms. The van der Waals surface area contributed by atoms with Crippen LogP contribution in [-0.2, 0) is 0 Å². The first-order valence-electron chi connectivity index (χ1n) is 4.44. The van der Waals surface area contributed by atoms with Crippen LogP contribution >= 0.6 is 22.6 Å². The molecule has 0 aliphatic rings. The van der Waals surface area contributed by atoms with Gasteiger partial charge in [0.2, 0.25) is 0 Å². The molecule has 1 rings (SSSR count). The van der Waals surface area contributed by atoms with Crippen molar-refractivity contribution in [3.05, 3.63) is 27.3 Å². The number of aryl methyl sites for hydroxylation is 1. The lowest BCUT2D eigenvalue weighted by atomic mass is 10.2. The Labute approximate surface area is 97.4 Å². The highest BCUT2D eigenvalue weighted by Crippen LogP contribution is 2.17. The number of rotatable bonds is 2. The van der Waals surface area contributed by atoms with Crippen LogP contribution in [0.25, 0.3) is 0 Å². The van der Waals surface area contributed by atoms with E-state index in [0.717, 1.165) is 11.3 Å². The zero-order valence-electron chi connectivity index (χ0n) is 8.23. The van der Waals surface area contributed by atoms with E-state index in [-0.39, 0.29) is 6.03 Å². The van der Waals surface area contributed by atoms with E-state index in [2.05, 4.69) is 33.2 Å². The second-order valence-electron chi connectivity index (χ2n) is 2.94. The summed E-state index contributed by atoms with van der Waals surface area (Å²) in [7, 11) is 0. The molecule has 1 aromatic carbocycles. The van der Waals surface area contributed by atoms with Gasteiger partial charge in [0.15, 0.2) is 0 Å². The van der Waals surface area contributed by atoms with E-state index >= 15 is 0 Å². The van der Waals surface area contributed by atoms with Crippen molar-refractivity contribution in [2.75, 3.05) is 11.9 Å². The lowest BCUT2D eigenvalue weighted by Crippen LogP contribution is -2.28. The van der Waals surface area contributed by atoms with Gasteiger partial charge in [-0.3, -0.25) is 0 Å². The molecule has 0 saturated heterocycles. The maximum atomic E-state index is 11.2. The van der Waals surface area contributed by atoms with E-state index in [4.69, 9.17) is 0 Å². The summed E-state index contributed by atoms with van der Waals surface area (Å²) < 4.78 is 1.17. The molecule has 0 bridgehead atoms. The number of halogens is 1. The molecule has 0 saturated carbocycles. The Bertz CT molecular complexity index is 339. The topological polar surface area (TPSA) is 41.1 Å². The van der Waals surface area contributed by atoms with Gasteiger partial charge in [-0.15, -0.1) is 0 Å². The molecule has 4 heteroatoms. The summed E-state index contributed by atoms with van der Waals surface area (Å²) in [6, 6.07) is 5.75. The molecule has 76 valence electrons. The number of hydrogen-bond donors (Lipinski definition) is 2. The van der Waals surface area contributed by atoms with Gasteiger partial charge in [0.25, 0.3) is 0 Å². The Morgan fingerprint density at radius 3 is 2.79 bits per heavy atom. The number of benzene rings is 1. The number of nitrogens with one attached hydrogen (secondary N) is 2. The highest BCUT2D eigenvalue weighted by Gasteiger charge is 2.02. The van der Waals surface area contributed by atoms with E-state index in [0.29, 0.717) is 6.54 Å². The number of carbonyl (C=O) groups excluding carboxylic acids is 1. The van der Waals surface area contributed by atoms with Gasteiger partial charge >= 0.3 is 6.03 Å². The minimum Gasteiger partial charge on any atom is -0.338 e. The van der Waals surface area contributed by atoms with E-state index in [9.17, 15) is 4.79 Å².